The number of hydrogen-bond acceptors (Lipinski definition) is 2. The zero-order valence-electron chi connectivity index (χ0n) is 42.4. The third-order valence-corrected chi connectivity index (χ3v) is 13.8. The minimum absolute atomic E-state index is 0. The van der Waals surface area contributed by atoms with Gasteiger partial charge in [-0.25, -0.2) is 0 Å². The largest absolute Gasteiger partial charge is 1.00 e. The van der Waals surface area contributed by atoms with Crippen LogP contribution in [0.25, 0.3) is 21.8 Å². The molecule has 65 heavy (non-hydrogen) atoms. The van der Waals surface area contributed by atoms with Crippen LogP contribution >= 0.6 is 0 Å². The summed E-state index contributed by atoms with van der Waals surface area (Å²) in [4.78, 5) is 0. The van der Waals surface area contributed by atoms with Gasteiger partial charge >= 0.3 is 0 Å². The molecule has 2 atom stereocenters. The van der Waals surface area contributed by atoms with Crippen molar-refractivity contribution in [2.75, 3.05) is 0 Å². The molecule has 2 aromatic carbocycles. The number of nitrogens with zero attached hydrogens (tertiary/aromatic N) is 2. The van der Waals surface area contributed by atoms with E-state index in [-0.39, 0.29) is 47.2 Å². The number of benzene rings is 2. The Morgan fingerprint density at radius 1 is 0.415 bits per heavy atom. The second-order valence-corrected chi connectivity index (χ2v) is 19.6. The molecule has 0 saturated carbocycles. The number of aryl methyl sites for hydroxylation is 1. The highest BCUT2D eigenvalue weighted by Gasteiger charge is 2.16. The smallest absolute Gasteiger partial charge is 0.212 e. The Morgan fingerprint density at radius 3 is 1.23 bits per heavy atom. The van der Waals surface area contributed by atoms with Gasteiger partial charge in [0.05, 0.1) is 13.2 Å². The van der Waals surface area contributed by atoms with E-state index in [0.717, 1.165) is 23.6 Å². The highest BCUT2D eigenvalue weighted by Crippen LogP contribution is 2.21. The molecule has 0 saturated heterocycles. The zero-order chi connectivity index (χ0) is 45.0. The fourth-order valence-electron chi connectivity index (χ4n) is 9.61. The summed E-state index contributed by atoms with van der Waals surface area (Å²) in [6, 6.07) is 21.7. The topological polar surface area (TPSA) is 48.2 Å². The Balaban J connectivity index is 0.000000633. The van der Waals surface area contributed by atoms with E-state index in [9.17, 15) is 10.2 Å². The third kappa shape index (κ3) is 27.7. The molecule has 0 aliphatic rings. The molecule has 2 unspecified atom stereocenters. The quantitative estimate of drug-likeness (QED) is 0.0349. The Hall–Kier alpha value is -1.86. The second-order valence-electron chi connectivity index (χ2n) is 19.6. The van der Waals surface area contributed by atoms with Gasteiger partial charge in [0.1, 0.15) is 6.54 Å². The van der Waals surface area contributed by atoms with Crippen molar-refractivity contribution in [3.8, 4) is 0 Å². The van der Waals surface area contributed by atoms with E-state index >= 15 is 0 Å². The van der Waals surface area contributed by atoms with Crippen molar-refractivity contribution >= 4 is 21.8 Å². The van der Waals surface area contributed by atoms with Crippen molar-refractivity contribution in [2.45, 2.75) is 259 Å². The van der Waals surface area contributed by atoms with Crippen LogP contribution in [0.5, 0.6) is 0 Å². The van der Waals surface area contributed by atoms with E-state index in [2.05, 4.69) is 97.8 Å². The summed E-state index contributed by atoms with van der Waals surface area (Å²) in [6.45, 7) is 10.7. The number of halogens is 2. The molecule has 2 heterocycles. The van der Waals surface area contributed by atoms with E-state index in [1.165, 1.54) is 227 Å². The van der Waals surface area contributed by atoms with Crippen LogP contribution in [0.3, 0.4) is 0 Å². The maximum Gasteiger partial charge on any atom is 0.212 e. The summed E-state index contributed by atoms with van der Waals surface area (Å²) < 4.78 is 4.77. The van der Waals surface area contributed by atoms with Crippen molar-refractivity contribution in [3.63, 3.8) is 0 Å². The van der Waals surface area contributed by atoms with Crippen molar-refractivity contribution < 1.29 is 53.3 Å². The molecule has 4 nitrogen and oxygen atoms in total. The van der Waals surface area contributed by atoms with Gasteiger partial charge in [0, 0.05) is 47.9 Å². The average molecular weight is 1030 g/mol. The summed E-state index contributed by atoms with van der Waals surface area (Å²) in [5.41, 5.74) is 4.52. The van der Waals surface area contributed by atoms with Crippen LogP contribution in [-0.2, 0) is 19.8 Å². The first-order valence-electron chi connectivity index (χ1n) is 27.1. The highest BCUT2D eigenvalue weighted by atomic mass is 79.9. The van der Waals surface area contributed by atoms with Crippen LogP contribution < -0.4 is 43.1 Å². The highest BCUT2D eigenvalue weighted by molar-refractivity contribution is 5.76. The van der Waals surface area contributed by atoms with E-state index < -0.39 is 0 Å². The minimum atomic E-state index is 0. The molecule has 0 aliphatic heterocycles. The zero-order valence-corrected chi connectivity index (χ0v) is 45.5. The summed E-state index contributed by atoms with van der Waals surface area (Å²) in [6.07, 6.45) is 49.6. The van der Waals surface area contributed by atoms with Gasteiger partial charge in [0.25, 0.3) is 0 Å². The SMILES string of the molecule is CCCCCCCCCCCCCCCCC(C)CCC[n+]1cccc2cc(CO)ccc21.CCCCCCCCCCCCCCCCC(C)[n+]1cccc2cc(CO)ccc21.[Br-].[Br-]. The number of unbranched alkanes of at least 4 members (excludes halogenated alkanes) is 26. The van der Waals surface area contributed by atoms with E-state index in [4.69, 9.17) is 0 Å². The maximum absolute atomic E-state index is 9.36. The lowest BCUT2D eigenvalue weighted by molar-refractivity contribution is -0.695. The molecule has 0 aliphatic carbocycles. The molecule has 6 heteroatoms. The molecule has 4 aromatic rings. The van der Waals surface area contributed by atoms with Gasteiger partial charge in [0.15, 0.2) is 18.4 Å². The van der Waals surface area contributed by atoms with Gasteiger partial charge in [-0.15, -0.1) is 0 Å². The fourth-order valence-corrected chi connectivity index (χ4v) is 9.61. The minimum Gasteiger partial charge on any atom is -1.00 e. The predicted molar refractivity (Wildman–Crippen MR) is 273 cm³/mol. The van der Waals surface area contributed by atoms with Gasteiger partial charge in [-0.05, 0) is 61.1 Å². The van der Waals surface area contributed by atoms with Gasteiger partial charge in [-0.3, -0.25) is 0 Å². The normalized spacial score (nSPS) is 12.1. The number of aliphatic hydroxyl groups excluding tert-OH is 2. The average Bonchev–Trinajstić information content (AvgIpc) is 3.31. The molecule has 2 N–H and O–H groups in total. The second kappa shape index (κ2) is 41.1. The van der Waals surface area contributed by atoms with Crippen LogP contribution in [-0.4, -0.2) is 10.2 Å². The van der Waals surface area contributed by atoms with Crippen molar-refractivity contribution in [2.24, 2.45) is 5.92 Å². The van der Waals surface area contributed by atoms with Crippen LogP contribution in [0.15, 0.2) is 73.1 Å². The lowest BCUT2D eigenvalue weighted by atomic mass is 9.97. The Kier molecular flexibility index (Phi) is 38.7. The van der Waals surface area contributed by atoms with Gasteiger partial charge in [-0.1, -0.05) is 213 Å². The van der Waals surface area contributed by atoms with Crippen LogP contribution in [0.2, 0.25) is 0 Å². The summed E-state index contributed by atoms with van der Waals surface area (Å²) in [5.74, 6) is 0.832. The van der Waals surface area contributed by atoms with Crippen LogP contribution in [0.1, 0.15) is 250 Å². The summed E-state index contributed by atoms with van der Waals surface area (Å²) in [5, 5.41) is 21.2. The van der Waals surface area contributed by atoms with Crippen molar-refractivity contribution in [3.05, 3.63) is 84.2 Å². The molecule has 370 valence electrons. The lowest BCUT2D eigenvalue weighted by Gasteiger charge is -2.10. The standard InChI is InChI=1S/C31H52NO.C28H46NO.2BrH/c1-3-4-5-6-7-8-9-10-11-12-13-14-15-16-19-28(2)20-17-24-32-25-18-21-30-26-29(27-33)22-23-31(30)32;1-3-4-5-6-7-8-9-10-11-12-13-14-15-16-18-25(2)29-22-17-19-27-23-26(24-30)20-21-28(27)29;;/h18,21-23,25-26,28,33H,3-17,19-20,24,27H2,1-2H3;17,19-23,25,30H,3-16,18,24H2,1-2H3;2*1H/q2*+1;;/p-2. The molecule has 2 aromatic heterocycles. The molecule has 0 bridgehead atoms. The number of pyridine rings is 2. The fraction of sp³-hybridized carbons (Fsp3) is 0.695. The summed E-state index contributed by atoms with van der Waals surface area (Å²) in [7, 11) is 0. The molecular weight excluding hydrogens is 928 g/mol. The summed E-state index contributed by atoms with van der Waals surface area (Å²) >= 11 is 0. The van der Waals surface area contributed by atoms with E-state index in [1.807, 2.05) is 12.1 Å². The number of fused-ring (bicyclic) bond motifs is 2. The lowest BCUT2D eigenvalue weighted by Crippen LogP contribution is -3.00. The Bertz CT molecular complexity index is 1700. The van der Waals surface area contributed by atoms with Gasteiger partial charge < -0.3 is 44.2 Å². The molecule has 0 spiro atoms. The van der Waals surface area contributed by atoms with E-state index in [1.54, 1.807) is 0 Å². The first-order chi connectivity index (χ1) is 31.0. The van der Waals surface area contributed by atoms with Crippen LogP contribution in [0.4, 0.5) is 0 Å². The molecule has 4 rings (SSSR count). The Morgan fingerprint density at radius 2 is 0.785 bits per heavy atom. The van der Waals surface area contributed by atoms with Crippen LogP contribution in [0, 0.1) is 5.92 Å². The molecule has 0 fully saturated rings. The number of aliphatic hydroxyl groups is 2. The predicted octanol–water partition coefficient (Wildman–Crippen LogP) is 11.0. The molecule has 0 radical (unpaired) electrons. The van der Waals surface area contributed by atoms with Crippen molar-refractivity contribution in [1.29, 1.82) is 0 Å². The maximum atomic E-state index is 9.36. The Labute approximate surface area is 421 Å². The number of aromatic nitrogens is 2. The molecule has 0 amide bonds. The number of hydrogen-bond donors (Lipinski definition) is 2. The van der Waals surface area contributed by atoms with Gasteiger partial charge in [-0.2, -0.15) is 9.13 Å². The first kappa shape index (κ1) is 61.2. The first-order valence-corrected chi connectivity index (χ1v) is 27.1. The van der Waals surface area contributed by atoms with Gasteiger partial charge in [0.2, 0.25) is 11.0 Å². The molecular formula is C59H98Br2N2O2. The van der Waals surface area contributed by atoms with Crippen molar-refractivity contribution in [1.82, 2.24) is 0 Å². The number of rotatable bonds is 37. The third-order valence-electron chi connectivity index (χ3n) is 13.8. The monoisotopic (exact) mass is 1020 g/mol. The van der Waals surface area contributed by atoms with E-state index in [0.29, 0.717) is 6.04 Å².